The zero-order valence-corrected chi connectivity index (χ0v) is 11.2. The van der Waals surface area contributed by atoms with Crippen LogP contribution in [0.4, 0.5) is 5.95 Å². The first-order valence-electron chi connectivity index (χ1n) is 6.25. The second-order valence-corrected chi connectivity index (χ2v) is 4.51. The molecular weight excluding hydrogens is 262 g/mol. The van der Waals surface area contributed by atoms with Crippen molar-refractivity contribution in [3.63, 3.8) is 0 Å². The number of amides is 1. The minimum atomic E-state index is -0.534. The molecule has 0 saturated carbocycles. The zero-order valence-electron chi connectivity index (χ0n) is 11.2. The number of piperazine rings is 1. The molecular formula is C12H17N5O3. The molecule has 1 aromatic heterocycles. The molecule has 8 heteroatoms. The highest BCUT2D eigenvalue weighted by atomic mass is 16.5. The number of hydrogen-bond acceptors (Lipinski definition) is 7. The third kappa shape index (κ3) is 3.41. The Bertz CT molecular complexity index is 490. The van der Waals surface area contributed by atoms with Gasteiger partial charge in [0.15, 0.2) is 0 Å². The quantitative estimate of drug-likeness (QED) is 0.674. The molecule has 20 heavy (non-hydrogen) atoms. The highest BCUT2D eigenvalue weighted by Gasteiger charge is 2.31. The SMILES string of the molecule is COC(=O)C[C@H]1C(=O)NCCN1Cc1cnc(N)nc1. The molecule has 0 spiro atoms. The lowest BCUT2D eigenvalue weighted by Gasteiger charge is -2.34. The summed E-state index contributed by atoms with van der Waals surface area (Å²) >= 11 is 0. The van der Waals surface area contributed by atoms with Crippen LogP contribution in [0.2, 0.25) is 0 Å². The summed E-state index contributed by atoms with van der Waals surface area (Å²) in [4.78, 5) is 33.0. The molecule has 0 radical (unpaired) electrons. The predicted molar refractivity (Wildman–Crippen MR) is 70.3 cm³/mol. The van der Waals surface area contributed by atoms with E-state index in [1.807, 2.05) is 4.90 Å². The van der Waals surface area contributed by atoms with Gasteiger partial charge in [0.2, 0.25) is 11.9 Å². The Kier molecular flexibility index (Phi) is 4.46. The number of ether oxygens (including phenoxy) is 1. The summed E-state index contributed by atoms with van der Waals surface area (Å²) in [6.07, 6.45) is 3.26. The van der Waals surface area contributed by atoms with E-state index in [0.717, 1.165) is 5.56 Å². The molecule has 0 bridgehead atoms. The second-order valence-electron chi connectivity index (χ2n) is 4.51. The van der Waals surface area contributed by atoms with Gasteiger partial charge in [-0.3, -0.25) is 14.5 Å². The number of esters is 1. The summed E-state index contributed by atoms with van der Waals surface area (Å²) < 4.78 is 4.63. The van der Waals surface area contributed by atoms with Crippen molar-refractivity contribution in [2.45, 2.75) is 19.0 Å². The van der Waals surface area contributed by atoms with Crippen LogP contribution < -0.4 is 11.1 Å². The van der Waals surface area contributed by atoms with Gasteiger partial charge in [0.1, 0.15) is 6.04 Å². The standard InChI is InChI=1S/C12H17N5O3/c1-20-10(18)4-9-11(19)14-2-3-17(9)7-8-5-15-12(13)16-6-8/h5-6,9H,2-4,7H2,1H3,(H,14,19)(H2,13,15,16)/t9-/m0/s1. The summed E-state index contributed by atoms with van der Waals surface area (Å²) in [7, 11) is 1.31. The third-order valence-electron chi connectivity index (χ3n) is 3.14. The Morgan fingerprint density at radius 1 is 1.55 bits per heavy atom. The number of methoxy groups -OCH3 is 1. The lowest BCUT2D eigenvalue weighted by atomic mass is 10.1. The van der Waals surface area contributed by atoms with Crippen molar-refractivity contribution < 1.29 is 14.3 Å². The van der Waals surface area contributed by atoms with Crippen molar-refractivity contribution in [3.05, 3.63) is 18.0 Å². The number of hydrogen-bond donors (Lipinski definition) is 2. The second kappa shape index (κ2) is 6.29. The van der Waals surface area contributed by atoms with E-state index in [2.05, 4.69) is 20.0 Å². The first-order chi connectivity index (χ1) is 9.60. The Morgan fingerprint density at radius 3 is 2.90 bits per heavy atom. The van der Waals surface area contributed by atoms with E-state index in [1.165, 1.54) is 7.11 Å². The molecule has 1 amide bonds. The molecule has 1 fully saturated rings. The van der Waals surface area contributed by atoms with Crippen molar-refractivity contribution in [1.29, 1.82) is 0 Å². The van der Waals surface area contributed by atoms with Crippen molar-refractivity contribution in [3.8, 4) is 0 Å². The fourth-order valence-electron chi connectivity index (χ4n) is 2.10. The highest BCUT2D eigenvalue weighted by Crippen LogP contribution is 2.13. The van der Waals surface area contributed by atoms with Gasteiger partial charge in [-0.25, -0.2) is 9.97 Å². The average molecular weight is 279 g/mol. The van der Waals surface area contributed by atoms with Crippen molar-refractivity contribution in [1.82, 2.24) is 20.2 Å². The number of nitrogens with zero attached hydrogens (tertiary/aromatic N) is 3. The third-order valence-corrected chi connectivity index (χ3v) is 3.14. The number of carbonyl (C=O) groups excluding carboxylic acids is 2. The van der Waals surface area contributed by atoms with Crippen LogP contribution in [-0.4, -0.2) is 53.0 Å². The van der Waals surface area contributed by atoms with Gasteiger partial charge in [0.25, 0.3) is 0 Å². The molecule has 3 N–H and O–H groups in total. The molecule has 1 aromatic rings. The summed E-state index contributed by atoms with van der Waals surface area (Å²) in [5.74, 6) is -0.375. The van der Waals surface area contributed by atoms with Gasteiger partial charge >= 0.3 is 5.97 Å². The number of nitrogen functional groups attached to an aromatic ring is 1. The van der Waals surface area contributed by atoms with E-state index < -0.39 is 12.0 Å². The van der Waals surface area contributed by atoms with Gasteiger partial charge in [-0.15, -0.1) is 0 Å². The van der Waals surface area contributed by atoms with Gasteiger partial charge in [0, 0.05) is 37.6 Å². The Hall–Kier alpha value is -2.22. The zero-order chi connectivity index (χ0) is 14.5. The van der Waals surface area contributed by atoms with Crippen molar-refractivity contribution in [2.75, 3.05) is 25.9 Å². The maximum atomic E-state index is 11.9. The van der Waals surface area contributed by atoms with E-state index in [1.54, 1.807) is 12.4 Å². The maximum Gasteiger partial charge on any atom is 0.307 e. The van der Waals surface area contributed by atoms with Gasteiger partial charge < -0.3 is 15.8 Å². The van der Waals surface area contributed by atoms with E-state index in [0.29, 0.717) is 19.6 Å². The fraction of sp³-hybridized carbons (Fsp3) is 0.500. The average Bonchev–Trinajstić information content (AvgIpc) is 2.45. The molecule has 8 nitrogen and oxygen atoms in total. The smallest absolute Gasteiger partial charge is 0.307 e. The number of nitrogens with one attached hydrogen (secondary N) is 1. The van der Waals surface area contributed by atoms with Gasteiger partial charge in [-0.05, 0) is 0 Å². The van der Waals surface area contributed by atoms with E-state index in [-0.39, 0.29) is 18.3 Å². The molecule has 1 atom stereocenters. The summed E-state index contributed by atoms with van der Waals surface area (Å²) in [6, 6.07) is -0.534. The van der Waals surface area contributed by atoms with E-state index in [4.69, 9.17) is 5.73 Å². The van der Waals surface area contributed by atoms with Gasteiger partial charge in [0.05, 0.1) is 13.5 Å². The lowest BCUT2D eigenvalue weighted by molar-refractivity contribution is -0.146. The molecule has 1 saturated heterocycles. The number of rotatable bonds is 4. The number of aromatic nitrogens is 2. The molecule has 108 valence electrons. The number of carbonyl (C=O) groups is 2. The van der Waals surface area contributed by atoms with Crippen LogP contribution in [0.3, 0.4) is 0 Å². The maximum absolute atomic E-state index is 11.9. The predicted octanol–water partition coefficient (Wildman–Crippen LogP) is -1.08. The van der Waals surface area contributed by atoms with Crippen LogP contribution in [0.25, 0.3) is 0 Å². The van der Waals surface area contributed by atoms with Crippen LogP contribution in [0.5, 0.6) is 0 Å². The minimum Gasteiger partial charge on any atom is -0.469 e. The molecule has 1 aliphatic heterocycles. The molecule has 0 unspecified atom stereocenters. The topological polar surface area (TPSA) is 110 Å². The Balaban J connectivity index is 2.08. The molecule has 2 heterocycles. The Morgan fingerprint density at radius 2 is 2.25 bits per heavy atom. The van der Waals surface area contributed by atoms with E-state index in [9.17, 15) is 9.59 Å². The van der Waals surface area contributed by atoms with Crippen LogP contribution in [0, 0.1) is 0 Å². The minimum absolute atomic E-state index is 0.0260. The monoisotopic (exact) mass is 279 g/mol. The molecule has 1 aliphatic rings. The highest BCUT2D eigenvalue weighted by molar-refractivity contribution is 5.87. The van der Waals surface area contributed by atoms with Crippen molar-refractivity contribution in [2.24, 2.45) is 0 Å². The molecule has 0 aliphatic carbocycles. The fourth-order valence-corrected chi connectivity index (χ4v) is 2.10. The van der Waals surface area contributed by atoms with Crippen molar-refractivity contribution >= 4 is 17.8 Å². The van der Waals surface area contributed by atoms with Gasteiger partial charge in [-0.1, -0.05) is 0 Å². The largest absolute Gasteiger partial charge is 0.469 e. The summed E-state index contributed by atoms with van der Waals surface area (Å²) in [6.45, 7) is 1.68. The first-order valence-corrected chi connectivity index (χ1v) is 6.25. The van der Waals surface area contributed by atoms with Crippen LogP contribution in [0.15, 0.2) is 12.4 Å². The number of nitrogens with two attached hydrogens (primary N) is 1. The van der Waals surface area contributed by atoms with Gasteiger partial charge in [-0.2, -0.15) is 0 Å². The Labute approximate surface area is 116 Å². The van der Waals surface area contributed by atoms with Crippen LogP contribution in [0.1, 0.15) is 12.0 Å². The van der Waals surface area contributed by atoms with Crippen LogP contribution >= 0.6 is 0 Å². The summed E-state index contributed by atoms with van der Waals surface area (Å²) in [5.41, 5.74) is 6.27. The first kappa shape index (κ1) is 14.2. The number of anilines is 1. The lowest BCUT2D eigenvalue weighted by Crippen LogP contribution is -2.55. The summed E-state index contributed by atoms with van der Waals surface area (Å²) in [5, 5.41) is 2.75. The van der Waals surface area contributed by atoms with Crippen LogP contribution in [-0.2, 0) is 20.9 Å². The molecule has 2 rings (SSSR count). The normalized spacial score (nSPS) is 19.4. The van der Waals surface area contributed by atoms with E-state index >= 15 is 0 Å². The molecule has 0 aromatic carbocycles.